The molecule has 8 aliphatic rings. The Morgan fingerprint density at radius 3 is 1.45 bits per heavy atom. The SMILES string of the molecule is c1ccc(-c2nn(-c3ccccc3)c(-c3ccccc3)c2-n2nccc2P(C23CC4C[C@H](C2)C[C@@H](C4)C3)C23CC4C[C@H](C2)C[C@@H](C4)C3)cc1. The molecule has 0 aliphatic heterocycles. The van der Waals surface area contributed by atoms with Crippen LogP contribution >= 0.6 is 7.92 Å². The van der Waals surface area contributed by atoms with Crippen molar-refractivity contribution in [2.24, 2.45) is 35.5 Å². The summed E-state index contributed by atoms with van der Waals surface area (Å²) in [5.41, 5.74) is 8.30. The van der Waals surface area contributed by atoms with Crippen LogP contribution in [-0.2, 0) is 0 Å². The summed E-state index contributed by atoms with van der Waals surface area (Å²) in [6, 6.07) is 35.2. The van der Waals surface area contributed by atoms with E-state index in [1.54, 1.807) is 5.44 Å². The zero-order valence-electron chi connectivity index (χ0n) is 28.5. The van der Waals surface area contributed by atoms with Crippen LogP contribution in [0.25, 0.3) is 33.9 Å². The summed E-state index contributed by atoms with van der Waals surface area (Å²) in [5.74, 6) is 5.68. The topological polar surface area (TPSA) is 35.6 Å². The van der Waals surface area contributed by atoms with Crippen molar-refractivity contribution in [1.29, 1.82) is 0 Å². The standard InChI is InChI=1S/C44H47N4P/c1-4-10-36(11-5-1)40-42(41(37-12-6-2-7-13-37)47(46-40)38-14-8-3-9-15-38)48-39(16-17-45-48)49(43-24-30-18-31(25-43)20-32(19-30)26-43)44-27-33-21-34(28-44)23-35(22-33)29-44/h1-17,30-35H,18-29H2/t30-,31+,32?,33-,34+,35?,43?,44?,49?. The van der Waals surface area contributed by atoms with Crippen LogP contribution in [0, 0.1) is 35.5 Å². The van der Waals surface area contributed by atoms with Crippen molar-refractivity contribution in [2.45, 2.75) is 87.4 Å². The molecule has 0 saturated heterocycles. The van der Waals surface area contributed by atoms with Crippen molar-refractivity contribution in [3.63, 3.8) is 0 Å². The third-order valence-electron chi connectivity index (χ3n) is 14.0. The van der Waals surface area contributed by atoms with Crippen LogP contribution in [0.1, 0.15) is 77.0 Å². The van der Waals surface area contributed by atoms with E-state index < -0.39 is 7.92 Å². The molecule has 0 radical (unpaired) electrons. The monoisotopic (exact) mass is 662 g/mol. The number of rotatable bonds is 7. The van der Waals surface area contributed by atoms with Crippen molar-refractivity contribution >= 4 is 13.4 Å². The van der Waals surface area contributed by atoms with Crippen LogP contribution in [-0.4, -0.2) is 29.9 Å². The molecule has 8 fully saturated rings. The van der Waals surface area contributed by atoms with Crippen LogP contribution in [0.2, 0.25) is 0 Å². The van der Waals surface area contributed by atoms with Crippen molar-refractivity contribution in [3.8, 4) is 33.9 Å². The molecule has 0 amide bonds. The summed E-state index contributed by atoms with van der Waals surface area (Å²) >= 11 is 0. The largest absolute Gasteiger partial charge is 0.230 e. The van der Waals surface area contributed by atoms with Crippen LogP contribution in [0.5, 0.6) is 0 Å². The zero-order valence-corrected chi connectivity index (χ0v) is 29.4. The van der Waals surface area contributed by atoms with E-state index in [9.17, 15) is 0 Å². The van der Waals surface area contributed by atoms with Gasteiger partial charge >= 0.3 is 0 Å². The highest BCUT2D eigenvalue weighted by Gasteiger charge is 2.63. The number of hydrogen-bond donors (Lipinski definition) is 0. The van der Waals surface area contributed by atoms with E-state index in [4.69, 9.17) is 10.2 Å². The van der Waals surface area contributed by atoms with Gasteiger partial charge in [0.15, 0.2) is 0 Å². The molecule has 3 aromatic carbocycles. The third kappa shape index (κ3) is 4.58. The summed E-state index contributed by atoms with van der Waals surface area (Å²) in [6.07, 6.45) is 20.0. The number of para-hydroxylation sites is 1. The van der Waals surface area contributed by atoms with Gasteiger partial charge in [0, 0.05) is 11.1 Å². The molecule has 5 aromatic rings. The van der Waals surface area contributed by atoms with Crippen molar-refractivity contribution in [3.05, 3.63) is 103 Å². The number of benzene rings is 3. The van der Waals surface area contributed by atoms with Crippen LogP contribution < -0.4 is 5.44 Å². The van der Waals surface area contributed by atoms with Crippen LogP contribution in [0.4, 0.5) is 0 Å². The fourth-order valence-corrected chi connectivity index (χ4v) is 18.5. The number of nitrogens with zero attached hydrogens (tertiary/aromatic N) is 4. The van der Waals surface area contributed by atoms with E-state index in [-0.39, 0.29) is 0 Å². The molecular weight excluding hydrogens is 615 g/mol. The van der Waals surface area contributed by atoms with Crippen molar-refractivity contribution < 1.29 is 0 Å². The Morgan fingerprint density at radius 1 is 0.510 bits per heavy atom. The summed E-state index contributed by atoms with van der Waals surface area (Å²) < 4.78 is 4.68. The van der Waals surface area contributed by atoms with Gasteiger partial charge in [-0.3, -0.25) is 0 Å². The lowest BCUT2D eigenvalue weighted by Gasteiger charge is -2.67. The molecule has 13 rings (SSSR count). The maximum atomic E-state index is 5.53. The molecule has 8 bridgehead atoms. The smallest absolute Gasteiger partial charge is 0.120 e. The van der Waals surface area contributed by atoms with Gasteiger partial charge < -0.3 is 0 Å². The summed E-state index contributed by atoms with van der Waals surface area (Å²) in [7, 11) is -0.455. The van der Waals surface area contributed by atoms with Gasteiger partial charge in [0.1, 0.15) is 17.1 Å². The normalized spacial score (nSPS) is 34.4. The fraction of sp³-hybridized carbons (Fsp3) is 0.455. The van der Waals surface area contributed by atoms with Gasteiger partial charge in [0.05, 0.1) is 17.3 Å². The van der Waals surface area contributed by atoms with Gasteiger partial charge in [-0.2, -0.15) is 10.2 Å². The average Bonchev–Trinajstić information content (AvgIpc) is 3.73. The Hall–Kier alpha value is -3.49. The lowest BCUT2D eigenvalue weighted by molar-refractivity contribution is 0.0194. The molecule has 8 saturated carbocycles. The Morgan fingerprint density at radius 2 is 0.959 bits per heavy atom. The molecule has 8 aliphatic carbocycles. The zero-order chi connectivity index (χ0) is 32.2. The van der Waals surface area contributed by atoms with Gasteiger partial charge in [-0.05, 0) is 149 Å². The van der Waals surface area contributed by atoms with Crippen molar-refractivity contribution in [1.82, 2.24) is 19.6 Å². The summed E-state index contributed by atoms with van der Waals surface area (Å²) in [4.78, 5) is 0. The molecule has 4 nitrogen and oxygen atoms in total. The van der Waals surface area contributed by atoms with Gasteiger partial charge in [-0.15, -0.1) is 0 Å². The number of aromatic nitrogens is 4. The quantitative estimate of drug-likeness (QED) is 0.163. The van der Waals surface area contributed by atoms with E-state index in [0.717, 1.165) is 63.8 Å². The lowest BCUT2D eigenvalue weighted by Crippen LogP contribution is -2.58. The number of hydrogen-bond acceptors (Lipinski definition) is 2. The molecule has 49 heavy (non-hydrogen) atoms. The first-order valence-electron chi connectivity index (χ1n) is 19.3. The van der Waals surface area contributed by atoms with Gasteiger partial charge in [-0.25, -0.2) is 9.36 Å². The van der Waals surface area contributed by atoms with Gasteiger partial charge in [0.2, 0.25) is 0 Å². The van der Waals surface area contributed by atoms with Crippen molar-refractivity contribution in [2.75, 3.05) is 0 Å². The van der Waals surface area contributed by atoms with Gasteiger partial charge in [0.25, 0.3) is 0 Å². The first-order chi connectivity index (χ1) is 24.1. The molecule has 2 aromatic heterocycles. The Kier molecular flexibility index (Phi) is 6.57. The second-order valence-electron chi connectivity index (χ2n) is 17.2. The van der Waals surface area contributed by atoms with Crippen LogP contribution in [0.15, 0.2) is 103 Å². The molecule has 0 atom stereocenters. The molecular formula is C44H47N4P. The molecule has 5 heteroatoms. The second kappa shape index (κ2) is 11.0. The highest BCUT2D eigenvalue weighted by molar-refractivity contribution is 7.68. The Balaban J connectivity index is 1.18. The van der Waals surface area contributed by atoms with E-state index in [2.05, 4.69) is 113 Å². The van der Waals surface area contributed by atoms with E-state index in [0.29, 0.717) is 10.3 Å². The first-order valence-corrected chi connectivity index (χ1v) is 20.6. The minimum absolute atomic E-state index is 0.455. The minimum Gasteiger partial charge on any atom is -0.230 e. The lowest BCUT2D eigenvalue weighted by atomic mass is 9.55. The predicted octanol–water partition coefficient (Wildman–Crippen LogP) is 10.4. The average molecular weight is 663 g/mol. The predicted molar refractivity (Wildman–Crippen MR) is 200 cm³/mol. The van der Waals surface area contributed by atoms with Crippen LogP contribution in [0.3, 0.4) is 0 Å². The molecule has 248 valence electrons. The fourth-order valence-electron chi connectivity index (χ4n) is 13.3. The third-order valence-corrected chi connectivity index (χ3v) is 17.8. The maximum Gasteiger partial charge on any atom is 0.120 e. The van der Waals surface area contributed by atoms with E-state index >= 15 is 0 Å². The molecule has 0 spiro atoms. The maximum absolute atomic E-state index is 5.53. The Bertz CT molecular complexity index is 1880. The molecule has 2 heterocycles. The highest BCUT2D eigenvalue weighted by Crippen LogP contribution is 2.78. The summed E-state index contributed by atoms with van der Waals surface area (Å²) in [6.45, 7) is 0. The van der Waals surface area contributed by atoms with E-state index in [1.165, 1.54) is 82.6 Å². The molecule has 0 unspecified atom stereocenters. The molecule has 0 N–H and O–H groups in total. The highest BCUT2D eigenvalue weighted by atomic mass is 31.1. The van der Waals surface area contributed by atoms with E-state index in [1.807, 2.05) is 0 Å². The van der Waals surface area contributed by atoms with Gasteiger partial charge in [-0.1, -0.05) is 78.9 Å². The Labute approximate surface area is 292 Å². The minimum atomic E-state index is -0.455. The first kappa shape index (κ1) is 29.3. The second-order valence-corrected chi connectivity index (χ2v) is 20.3. The summed E-state index contributed by atoms with van der Waals surface area (Å²) in [5, 5.41) is 11.9.